The summed E-state index contributed by atoms with van der Waals surface area (Å²) < 4.78 is 25.8. The lowest BCUT2D eigenvalue weighted by atomic mass is 10.2. The maximum atomic E-state index is 12.4. The predicted molar refractivity (Wildman–Crippen MR) is 75.9 cm³/mol. The molecule has 0 N–H and O–H groups in total. The number of rotatable bonds is 8. The van der Waals surface area contributed by atoms with Crippen molar-refractivity contribution in [1.82, 2.24) is 4.31 Å². The summed E-state index contributed by atoms with van der Waals surface area (Å²) in [5, 5.41) is 0. The van der Waals surface area contributed by atoms with Gasteiger partial charge in [-0.1, -0.05) is 24.6 Å². The Morgan fingerprint density at radius 3 is 2.35 bits per heavy atom. The molecule has 0 aliphatic heterocycles. The molecule has 1 aromatic rings. The van der Waals surface area contributed by atoms with E-state index >= 15 is 0 Å². The molecule has 0 heterocycles. The van der Waals surface area contributed by atoms with Crippen LogP contribution in [0.15, 0.2) is 29.2 Å². The molecule has 1 aromatic carbocycles. The summed E-state index contributed by atoms with van der Waals surface area (Å²) in [4.78, 5) is 22.1. The van der Waals surface area contributed by atoms with Crippen LogP contribution in [-0.4, -0.2) is 37.9 Å². The maximum Gasteiger partial charge on any atom is 0.243 e. The third-order valence-corrected chi connectivity index (χ3v) is 4.85. The summed E-state index contributed by atoms with van der Waals surface area (Å²) in [6, 6.07) is 6.40. The van der Waals surface area contributed by atoms with E-state index in [0.29, 0.717) is 12.7 Å². The van der Waals surface area contributed by atoms with Gasteiger partial charge in [0, 0.05) is 19.4 Å². The van der Waals surface area contributed by atoms with E-state index in [4.69, 9.17) is 0 Å². The Morgan fingerprint density at radius 1 is 1.25 bits per heavy atom. The lowest BCUT2D eigenvalue weighted by Crippen LogP contribution is -2.34. The first-order chi connectivity index (χ1) is 9.41. The van der Waals surface area contributed by atoms with Crippen LogP contribution in [0.2, 0.25) is 0 Å². The van der Waals surface area contributed by atoms with Crippen LogP contribution < -0.4 is 0 Å². The second kappa shape index (κ2) is 7.31. The van der Waals surface area contributed by atoms with Gasteiger partial charge in [0.2, 0.25) is 10.0 Å². The van der Waals surface area contributed by atoms with Gasteiger partial charge < -0.3 is 4.79 Å². The summed E-state index contributed by atoms with van der Waals surface area (Å²) in [7, 11) is -3.73. The molecular formula is C14H19NO4S. The SMILES string of the molecule is CCC(=O)CCN(CC=O)S(=O)(=O)c1ccc(C)cc1. The molecule has 0 saturated heterocycles. The fraction of sp³-hybridized carbons (Fsp3) is 0.429. The first-order valence-corrected chi connectivity index (χ1v) is 7.88. The number of benzene rings is 1. The van der Waals surface area contributed by atoms with E-state index in [1.54, 1.807) is 19.1 Å². The van der Waals surface area contributed by atoms with Crippen molar-refractivity contribution < 1.29 is 18.0 Å². The van der Waals surface area contributed by atoms with Gasteiger partial charge in [0.05, 0.1) is 11.4 Å². The Morgan fingerprint density at radius 2 is 1.85 bits per heavy atom. The van der Waals surface area contributed by atoms with Crippen molar-refractivity contribution in [3.05, 3.63) is 29.8 Å². The van der Waals surface area contributed by atoms with Crippen LogP contribution in [-0.2, 0) is 19.6 Å². The van der Waals surface area contributed by atoms with Gasteiger partial charge in [-0.05, 0) is 19.1 Å². The molecule has 0 fully saturated rings. The van der Waals surface area contributed by atoms with Crippen LogP contribution in [0.4, 0.5) is 0 Å². The predicted octanol–water partition coefficient (Wildman–Crippen LogP) is 1.55. The minimum absolute atomic E-state index is 0.0278. The molecule has 20 heavy (non-hydrogen) atoms. The van der Waals surface area contributed by atoms with Crippen LogP contribution in [0, 0.1) is 6.92 Å². The topological polar surface area (TPSA) is 71.5 Å². The van der Waals surface area contributed by atoms with E-state index in [2.05, 4.69) is 0 Å². The molecular weight excluding hydrogens is 278 g/mol. The summed E-state index contributed by atoms with van der Waals surface area (Å²) in [5.41, 5.74) is 0.951. The highest BCUT2D eigenvalue weighted by molar-refractivity contribution is 7.89. The van der Waals surface area contributed by atoms with Crippen molar-refractivity contribution in [2.45, 2.75) is 31.6 Å². The molecule has 0 bridgehead atoms. The van der Waals surface area contributed by atoms with Crippen LogP contribution in [0.25, 0.3) is 0 Å². The van der Waals surface area contributed by atoms with Crippen molar-refractivity contribution in [3.63, 3.8) is 0 Å². The number of hydrogen-bond acceptors (Lipinski definition) is 4. The number of Topliss-reactive ketones (excluding diaryl/α,β-unsaturated/α-hetero) is 1. The molecule has 0 radical (unpaired) electrons. The molecule has 0 aromatic heterocycles. The fourth-order valence-electron chi connectivity index (χ4n) is 1.68. The van der Waals surface area contributed by atoms with Gasteiger partial charge in [-0.2, -0.15) is 4.31 Å². The number of carbonyl (C=O) groups is 2. The number of sulfonamides is 1. The fourth-order valence-corrected chi connectivity index (χ4v) is 3.05. The third-order valence-electron chi connectivity index (χ3n) is 2.97. The van der Waals surface area contributed by atoms with Crippen LogP contribution in [0.3, 0.4) is 0 Å². The second-order valence-corrected chi connectivity index (χ2v) is 6.42. The zero-order valence-corrected chi connectivity index (χ0v) is 12.5. The number of ketones is 1. The first kappa shape index (κ1) is 16.5. The highest BCUT2D eigenvalue weighted by atomic mass is 32.2. The molecule has 5 nitrogen and oxygen atoms in total. The van der Waals surface area contributed by atoms with E-state index in [0.717, 1.165) is 9.87 Å². The van der Waals surface area contributed by atoms with Gasteiger partial charge in [-0.25, -0.2) is 8.42 Å². The molecule has 0 unspecified atom stereocenters. The van der Waals surface area contributed by atoms with E-state index in [1.807, 2.05) is 6.92 Å². The quantitative estimate of drug-likeness (QED) is 0.683. The van der Waals surface area contributed by atoms with Crippen molar-refractivity contribution in [2.24, 2.45) is 0 Å². The van der Waals surface area contributed by atoms with Crippen LogP contribution in [0.1, 0.15) is 25.3 Å². The van der Waals surface area contributed by atoms with Crippen LogP contribution in [0.5, 0.6) is 0 Å². The van der Waals surface area contributed by atoms with Gasteiger partial charge >= 0.3 is 0 Å². The first-order valence-electron chi connectivity index (χ1n) is 6.44. The molecule has 110 valence electrons. The molecule has 1 rings (SSSR count). The van der Waals surface area contributed by atoms with Gasteiger partial charge in [-0.3, -0.25) is 4.79 Å². The lowest BCUT2D eigenvalue weighted by Gasteiger charge is -2.19. The average Bonchev–Trinajstić information content (AvgIpc) is 2.43. The van der Waals surface area contributed by atoms with E-state index in [-0.39, 0.29) is 30.2 Å². The number of aldehydes is 1. The zero-order chi connectivity index (χ0) is 15.2. The largest absolute Gasteiger partial charge is 0.302 e. The Hall–Kier alpha value is -1.53. The molecule has 0 aliphatic carbocycles. The standard InChI is InChI=1S/C14H19NO4S/c1-3-13(17)8-9-15(10-11-16)20(18,19)14-6-4-12(2)5-7-14/h4-7,11H,3,8-10H2,1-2H3. The lowest BCUT2D eigenvalue weighted by molar-refractivity contribution is -0.119. The van der Waals surface area contributed by atoms with Gasteiger partial charge in [0.15, 0.2) is 0 Å². The minimum atomic E-state index is -3.73. The molecule has 0 aliphatic rings. The molecule has 6 heteroatoms. The summed E-state index contributed by atoms with van der Waals surface area (Å²) in [5.74, 6) is -0.0278. The zero-order valence-electron chi connectivity index (χ0n) is 11.7. The third kappa shape index (κ3) is 4.25. The van der Waals surface area contributed by atoms with E-state index in [9.17, 15) is 18.0 Å². The molecule has 0 saturated carbocycles. The Labute approximate surface area is 119 Å². The van der Waals surface area contributed by atoms with Crippen molar-refractivity contribution >= 4 is 22.1 Å². The Balaban J connectivity index is 2.96. The molecule has 0 amide bonds. The van der Waals surface area contributed by atoms with Crippen molar-refractivity contribution in [1.29, 1.82) is 0 Å². The molecule has 0 spiro atoms. The van der Waals surface area contributed by atoms with Gasteiger partial charge in [0.1, 0.15) is 12.1 Å². The van der Waals surface area contributed by atoms with Gasteiger partial charge in [0.25, 0.3) is 0 Å². The number of nitrogens with zero attached hydrogens (tertiary/aromatic N) is 1. The Bertz CT molecular complexity index is 563. The second-order valence-electron chi connectivity index (χ2n) is 4.49. The van der Waals surface area contributed by atoms with Crippen LogP contribution >= 0.6 is 0 Å². The van der Waals surface area contributed by atoms with E-state index in [1.165, 1.54) is 12.1 Å². The number of aryl methyl sites for hydroxylation is 1. The van der Waals surface area contributed by atoms with Crippen molar-refractivity contribution in [2.75, 3.05) is 13.1 Å². The number of carbonyl (C=O) groups excluding carboxylic acids is 2. The summed E-state index contributed by atoms with van der Waals surface area (Å²) in [6.07, 6.45) is 1.01. The monoisotopic (exact) mass is 297 g/mol. The van der Waals surface area contributed by atoms with E-state index < -0.39 is 10.0 Å². The maximum absolute atomic E-state index is 12.4. The minimum Gasteiger partial charge on any atom is -0.302 e. The smallest absolute Gasteiger partial charge is 0.243 e. The molecule has 0 atom stereocenters. The van der Waals surface area contributed by atoms with Crippen molar-refractivity contribution in [3.8, 4) is 0 Å². The normalized spacial score (nSPS) is 11.6. The van der Waals surface area contributed by atoms with Gasteiger partial charge in [-0.15, -0.1) is 0 Å². The Kier molecular flexibility index (Phi) is 6.04. The average molecular weight is 297 g/mol. The highest BCUT2D eigenvalue weighted by Gasteiger charge is 2.24. The highest BCUT2D eigenvalue weighted by Crippen LogP contribution is 2.16. The summed E-state index contributed by atoms with van der Waals surface area (Å²) >= 11 is 0. The number of hydrogen-bond donors (Lipinski definition) is 0. The summed E-state index contributed by atoms with van der Waals surface area (Å²) in [6.45, 7) is 3.37.